The second-order valence-electron chi connectivity index (χ2n) is 12.9. The molecule has 194 valence electrons. The molecule has 0 amide bonds. The molecule has 1 spiro atoms. The van der Waals surface area contributed by atoms with Gasteiger partial charge >= 0.3 is 0 Å². The van der Waals surface area contributed by atoms with Crippen LogP contribution in [0.25, 0.3) is 5.57 Å². The quantitative estimate of drug-likeness (QED) is 0.295. The van der Waals surface area contributed by atoms with E-state index in [4.69, 9.17) is 9.47 Å². The van der Waals surface area contributed by atoms with Crippen LogP contribution in [0.3, 0.4) is 0 Å². The van der Waals surface area contributed by atoms with Crippen LogP contribution >= 0.6 is 0 Å². The molecule has 36 heavy (non-hydrogen) atoms. The molecular weight excluding hydrogens is 440 g/mol. The van der Waals surface area contributed by atoms with Crippen LogP contribution in [-0.4, -0.2) is 19.0 Å². The summed E-state index contributed by atoms with van der Waals surface area (Å²) in [5.41, 5.74) is 8.08. The molecule has 6 unspecified atom stereocenters. The predicted molar refractivity (Wildman–Crippen MR) is 149 cm³/mol. The zero-order chi connectivity index (χ0) is 24.9. The summed E-state index contributed by atoms with van der Waals surface area (Å²) in [6.45, 7) is 14.5. The van der Waals surface area contributed by atoms with Crippen LogP contribution in [0.2, 0.25) is 0 Å². The van der Waals surface area contributed by atoms with E-state index in [0.717, 1.165) is 55.8 Å². The van der Waals surface area contributed by atoms with Crippen LogP contribution in [0.15, 0.2) is 54.6 Å². The lowest BCUT2D eigenvalue weighted by Crippen LogP contribution is -2.46. The van der Waals surface area contributed by atoms with Crippen molar-refractivity contribution in [3.63, 3.8) is 0 Å². The summed E-state index contributed by atoms with van der Waals surface area (Å²) in [7, 11) is 0. The number of rotatable bonds is 6. The Balaban J connectivity index is 1.38. The molecule has 0 bridgehead atoms. The summed E-state index contributed by atoms with van der Waals surface area (Å²) < 4.78 is 12.4. The fourth-order valence-corrected chi connectivity index (χ4v) is 9.37. The van der Waals surface area contributed by atoms with Gasteiger partial charge in [-0.1, -0.05) is 60.6 Å². The largest absolute Gasteiger partial charge is 0.348 e. The van der Waals surface area contributed by atoms with Gasteiger partial charge in [-0.05, 0) is 105 Å². The smallest absolute Gasteiger partial charge is 0.169 e. The van der Waals surface area contributed by atoms with Crippen molar-refractivity contribution >= 4 is 5.57 Å². The number of benzene rings is 1. The lowest BCUT2D eigenvalue weighted by atomic mass is 9.50. The molecule has 2 heteroatoms. The van der Waals surface area contributed by atoms with Crippen molar-refractivity contribution < 1.29 is 9.47 Å². The molecule has 1 aromatic rings. The Morgan fingerprint density at radius 2 is 1.83 bits per heavy atom. The normalized spacial score (nSPS) is 36.9. The SMILES string of the molecule is C=CCCCC1CCC2C3CCC4CC5(CCC4=C3C(c3ccc(C(=C)C)cc3)CC12C)OCCO5. The summed E-state index contributed by atoms with van der Waals surface area (Å²) in [4.78, 5) is 0. The maximum atomic E-state index is 6.20. The van der Waals surface area contributed by atoms with Crippen LogP contribution in [0.1, 0.15) is 102 Å². The van der Waals surface area contributed by atoms with Gasteiger partial charge in [0, 0.05) is 18.8 Å². The minimum Gasteiger partial charge on any atom is -0.348 e. The van der Waals surface area contributed by atoms with Crippen molar-refractivity contribution in [1.29, 1.82) is 0 Å². The Morgan fingerprint density at radius 3 is 2.56 bits per heavy atom. The molecule has 3 saturated carbocycles. The first-order valence-electron chi connectivity index (χ1n) is 14.8. The zero-order valence-corrected chi connectivity index (χ0v) is 22.7. The van der Waals surface area contributed by atoms with E-state index in [1.165, 1.54) is 56.9 Å². The van der Waals surface area contributed by atoms with Crippen molar-refractivity contribution in [2.75, 3.05) is 13.2 Å². The highest BCUT2D eigenvalue weighted by Crippen LogP contribution is 2.67. The Hall–Kier alpha value is -1.64. The maximum Gasteiger partial charge on any atom is 0.169 e. The van der Waals surface area contributed by atoms with Gasteiger partial charge in [0.2, 0.25) is 0 Å². The second kappa shape index (κ2) is 9.59. The number of hydrogen-bond donors (Lipinski definition) is 0. The molecule has 1 aliphatic heterocycles. The zero-order valence-electron chi connectivity index (χ0n) is 22.7. The number of allylic oxidation sites excluding steroid dienone is 4. The highest BCUT2D eigenvalue weighted by Gasteiger charge is 2.57. The number of ether oxygens (including phenoxy) is 2. The fourth-order valence-electron chi connectivity index (χ4n) is 9.37. The van der Waals surface area contributed by atoms with Gasteiger partial charge in [-0.25, -0.2) is 0 Å². The molecule has 4 aliphatic carbocycles. The van der Waals surface area contributed by atoms with Crippen LogP contribution in [-0.2, 0) is 9.47 Å². The monoisotopic (exact) mass is 486 g/mol. The van der Waals surface area contributed by atoms with Gasteiger partial charge in [0.25, 0.3) is 0 Å². The van der Waals surface area contributed by atoms with Crippen molar-refractivity contribution in [3.8, 4) is 0 Å². The fraction of sp³-hybridized carbons (Fsp3) is 0.647. The van der Waals surface area contributed by atoms with E-state index >= 15 is 0 Å². The standard InChI is InChI=1S/C34H46O2/c1-5-6-7-8-27-14-16-31-29-15-13-26-21-34(35-19-20-36-34)18-17-28(26)32(29)30(22-33(27,31)4)25-11-9-24(10-12-25)23(2)3/h5,9-12,26-27,29-31H,1-2,6-8,13-22H2,3-4H3. The van der Waals surface area contributed by atoms with Crippen molar-refractivity contribution in [2.24, 2.45) is 29.1 Å². The third-order valence-electron chi connectivity index (χ3n) is 11.1. The van der Waals surface area contributed by atoms with Gasteiger partial charge in [-0.15, -0.1) is 6.58 Å². The van der Waals surface area contributed by atoms with Gasteiger partial charge < -0.3 is 9.47 Å². The summed E-state index contributed by atoms with van der Waals surface area (Å²) in [5.74, 6) is 3.41. The van der Waals surface area contributed by atoms with Crippen LogP contribution < -0.4 is 0 Å². The first-order valence-corrected chi connectivity index (χ1v) is 14.8. The van der Waals surface area contributed by atoms with E-state index in [9.17, 15) is 0 Å². The Bertz CT molecular complexity index is 1030. The molecule has 5 aliphatic rings. The average molecular weight is 487 g/mol. The Labute approximate surface area is 219 Å². The lowest BCUT2D eigenvalue weighted by molar-refractivity contribution is -0.181. The Kier molecular flexibility index (Phi) is 6.57. The second-order valence-corrected chi connectivity index (χ2v) is 12.9. The highest BCUT2D eigenvalue weighted by atomic mass is 16.7. The minimum atomic E-state index is -0.285. The molecule has 1 heterocycles. The minimum absolute atomic E-state index is 0.285. The van der Waals surface area contributed by atoms with Crippen molar-refractivity contribution in [1.82, 2.24) is 0 Å². The topological polar surface area (TPSA) is 18.5 Å². The van der Waals surface area contributed by atoms with Crippen LogP contribution in [0, 0.1) is 29.1 Å². The highest BCUT2D eigenvalue weighted by molar-refractivity contribution is 5.61. The van der Waals surface area contributed by atoms with Crippen molar-refractivity contribution in [3.05, 3.63) is 65.8 Å². The molecule has 6 atom stereocenters. The van der Waals surface area contributed by atoms with Gasteiger partial charge in [0.05, 0.1) is 13.2 Å². The third-order valence-corrected chi connectivity index (χ3v) is 11.1. The summed E-state index contributed by atoms with van der Waals surface area (Å²) in [6.07, 6.45) is 16.1. The van der Waals surface area contributed by atoms with Crippen molar-refractivity contribution in [2.45, 2.75) is 96.2 Å². The molecule has 1 aromatic carbocycles. The Morgan fingerprint density at radius 1 is 1.06 bits per heavy atom. The van der Waals surface area contributed by atoms with E-state index in [0.29, 0.717) is 17.3 Å². The van der Waals surface area contributed by atoms with Crippen LogP contribution in [0.5, 0.6) is 0 Å². The van der Waals surface area contributed by atoms with E-state index in [-0.39, 0.29) is 5.79 Å². The average Bonchev–Trinajstić information content (AvgIpc) is 3.47. The van der Waals surface area contributed by atoms with E-state index in [1.54, 1.807) is 5.56 Å². The number of unbranched alkanes of at least 4 members (excludes halogenated alkanes) is 1. The molecule has 2 nitrogen and oxygen atoms in total. The van der Waals surface area contributed by atoms with Gasteiger partial charge in [0.15, 0.2) is 5.79 Å². The maximum absolute atomic E-state index is 6.20. The number of fused-ring (bicyclic) bond motifs is 4. The number of hydrogen-bond acceptors (Lipinski definition) is 2. The first-order chi connectivity index (χ1) is 17.4. The van der Waals surface area contributed by atoms with E-state index in [2.05, 4.69) is 57.3 Å². The lowest BCUT2D eigenvalue weighted by Gasteiger charge is -2.54. The van der Waals surface area contributed by atoms with E-state index in [1.807, 2.05) is 11.1 Å². The first kappa shape index (κ1) is 24.7. The molecule has 0 radical (unpaired) electrons. The van der Waals surface area contributed by atoms with Gasteiger partial charge in [0.1, 0.15) is 0 Å². The summed E-state index contributed by atoms with van der Waals surface area (Å²) in [6, 6.07) is 9.50. The molecule has 0 N–H and O–H groups in total. The van der Waals surface area contributed by atoms with E-state index < -0.39 is 0 Å². The predicted octanol–water partition coefficient (Wildman–Crippen LogP) is 8.85. The molecule has 4 fully saturated rings. The third kappa shape index (κ3) is 4.08. The molecule has 1 saturated heterocycles. The van der Waals surface area contributed by atoms with Crippen LogP contribution in [0.4, 0.5) is 0 Å². The van der Waals surface area contributed by atoms with Gasteiger partial charge in [-0.2, -0.15) is 0 Å². The summed E-state index contributed by atoms with van der Waals surface area (Å²) >= 11 is 0. The molecular formula is C34H46O2. The molecule has 0 aromatic heterocycles. The summed E-state index contributed by atoms with van der Waals surface area (Å²) in [5, 5.41) is 0. The van der Waals surface area contributed by atoms with Gasteiger partial charge in [-0.3, -0.25) is 0 Å². The molecule has 6 rings (SSSR count).